The van der Waals surface area contributed by atoms with Crippen molar-refractivity contribution >= 4 is 10.0 Å². The van der Waals surface area contributed by atoms with Gasteiger partial charge in [0.1, 0.15) is 0 Å². The van der Waals surface area contributed by atoms with Gasteiger partial charge in [-0.2, -0.15) is 0 Å². The minimum Gasteiger partial charge on any atom is -0.314 e. The quantitative estimate of drug-likeness (QED) is 0.816. The highest BCUT2D eigenvalue weighted by molar-refractivity contribution is 7.89. The predicted octanol–water partition coefficient (Wildman–Crippen LogP) is 1.97. The molecule has 0 bridgehead atoms. The molecule has 5 heteroatoms. The van der Waals surface area contributed by atoms with Crippen LogP contribution >= 0.6 is 0 Å². The molecule has 0 aromatic rings. The lowest BCUT2D eigenvalue weighted by Gasteiger charge is -2.32. The lowest BCUT2D eigenvalue weighted by atomic mass is 10.1. The second kappa shape index (κ2) is 6.32. The zero-order valence-corrected chi connectivity index (χ0v) is 13.2. The first kappa shape index (κ1) is 14.8. The maximum atomic E-state index is 12.4. The fourth-order valence-corrected chi connectivity index (χ4v) is 5.48. The van der Waals surface area contributed by atoms with E-state index in [1.807, 2.05) is 0 Å². The zero-order valence-electron chi connectivity index (χ0n) is 12.4. The van der Waals surface area contributed by atoms with Gasteiger partial charge in [-0.15, -0.1) is 0 Å². The largest absolute Gasteiger partial charge is 0.314 e. The Morgan fingerprint density at radius 1 is 0.900 bits per heavy atom. The van der Waals surface area contributed by atoms with Crippen molar-refractivity contribution < 1.29 is 8.42 Å². The fraction of sp³-hybridized carbons (Fsp3) is 1.00. The standard InChI is InChI=1S/C15H28N2O2S/c18-20(19,12-14-3-1-2-4-14)17-9-7-15(8-10-17)16-11-13-5-6-13/h13-16H,1-12H2. The molecule has 3 aliphatic rings. The van der Waals surface area contributed by atoms with E-state index in [0.29, 0.717) is 17.7 Å². The highest BCUT2D eigenvalue weighted by Gasteiger charge is 2.31. The van der Waals surface area contributed by atoms with Crippen molar-refractivity contribution in [3.8, 4) is 0 Å². The van der Waals surface area contributed by atoms with Gasteiger partial charge in [-0.3, -0.25) is 0 Å². The van der Waals surface area contributed by atoms with E-state index < -0.39 is 10.0 Å². The van der Waals surface area contributed by atoms with E-state index in [4.69, 9.17) is 0 Å². The van der Waals surface area contributed by atoms with E-state index in [0.717, 1.165) is 51.2 Å². The molecule has 1 heterocycles. The molecule has 20 heavy (non-hydrogen) atoms. The molecule has 0 radical (unpaired) electrons. The number of nitrogens with zero attached hydrogens (tertiary/aromatic N) is 1. The molecular weight excluding hydrogens is 272 g/mol. The molecule has 4 nitrogen and oxygen atoms in total. The van der Waals surface area contributed by atoms with Crippen molar-refractivity contribution in [2.75, 3.05) is 25.4 Å². The second-order valence-corrected chi connectivity index (χ2v) is 8.97. The molecule has 2 aliphatic carbocycles. The second-order valence-electron chi connectivity index (χ2n) is 6.95. The average molecular weight is 300 g/mol. The number of rotatable bonds is 6. The normalized spacial score (nSPS) is 27.2. The summed E-state index contributed by atoms with van der Waals surface area (Å²) >= 11 is 0. The van der Waals surface area contributed by atoms with E-state index >= 15 is 0 Å². The van der Waals surface area contributed by atoms with E-state index in [9.17, 15) is 8.42 Å². The van der Waals surface area contributed by atoms with Crippen LogP contribution in [0.5, 0.6) is 0 Å². The maximum Gasteiger partial charge on any atom is 0.214 e. The van der Waals surface area contributed by atoms with Gasteiger partial charge in [-0.25, -0.2) is 12.7 Å². The van der Waals surface area contributed by atoms with Crippen molar-refractivity contribution in [3.05, 3.63) is 0 Å². The first-order valence-electron chi connectivity index (χ1n) is 8.35. The van der Waals surface area contributed by atoms with E-state index in [2.05, 4.69) is 5.32 Å². The van der Waals surface area contributed by atoms with Crippen LogP contribution in [0.15, 0.2) is 0 Å². The molecule has 1 N–H and O–H groups in total. The minimum absolute atomic E-state index is 0.396. The highest BCUT2D eigenvalue weighted by Crippen LogP contribution is 2.29. The van der Waals surface area contributed by atoms with E-state index in [1.165, 1.54) is 25.7 Å². The van der Waals surface area contributed by atoms with Crippen LogP contribution in [-0.4, -0.2) is 44.2 Å². The van der Waals surface area contributed by atoms with Crippen LogP contribution < -0.4 is 5.32 Å². The Morgan fingerprint density at radius 2 is 1.55 bits per heavy atom. The van der Waals surface area contributed by atoms with Gasteiger partial charge in [0.15, 0.2) is 0 Å². The minimum atomic E-state index is -3.00. The van der Waals surface area contributed by atoms with Gasteiger partial charge in [-0.05, 0) is 56.9 Å². The molecule has 1 aliphatic heterocycles. The summed E-state index contributed by atoms with van der Waals surface area (Å²) in [7, 11) is -3.00. The summed E-state index contributed by atoms with van der Waals surface area (Å²) in [5, 5.41) is 3.61. The van der Waals surface area contributed by atoms with Gasteiger partial charge in [0, 0.05) is 19.1 Å². The Kier molecular flexibility index (Phi) is 4.68. The third-order valence-corrected chi connectivity index (χ3v) is 7.21. The molecule has 0 aromatic carbocycles. The summed E-state index contributed by atoms with van der Waals surface area (Å²) in [5.41, 5.74) is 0. The van der Waals surface area contributed by atoms with Crippen molar-refractivity contribution in [2.24, 2.45) is 11.8 Å². The lowest BCUT2D eigenvalue weighted by Crippen LogP contribution is -2.46. The fourth-order valence-electron chi connectivity index (χ4n) is 3.57. The number of sulfonamides is 1. The van der Waals surface area contributed by atoms with Crippen LogP contribution in [0.3, 0.4) is 0 Å². The summed E-state index contributed by atoms with van der Waals surface area (Å²) in [6.07, 6.45) is 9.37. The summed E-state index contributed by atoms with van der Waals surface area (Å²) in [5.74, 6) is 1.72. The topological polar surface area (TPSA) is 49.4 Å². The molecule has 0 atom stereocenters. The third kappa shape index (κ3) is 3.95. The van der Waals surface area contributed by atoms with Crippen molar-refractivity contribution in [1.82, 2.24) is 9.62 Å². The van der Waals surface area contributed by atoms with Crippen molar-refractivity contribution in [1.29, 1.82) is 0 Å². The Morgan fingerprint density at radius 3 is 2.15 bits per heavy atom. The molecule has 0 spiro atoms. The molecule has 116 valence electrons. The molecular formula is C15H28N2O2S. The Labute approximate surface area is 123 Å². The zero-order chi connectivity index (χ0) is 14.0. The van der Waals surface area contributed by atoms with Gasteiger partial charge >= 0.3 is 0 Å². The van der Waals surface area contributed by atoms with Crippen molar-refractivity contribution in [3.63, 3.8) is 0 Å². The Hall–Kier alpha value is -0.130. The summed E-state index contributed by atoms with van der Waals surface area (Å²) in [6.45, 7) is 2.58. The highest BCUT2D eigenvalue weighted by atomic mass is 32.2. The molecule has 1 saturated heterocycles. The van der Waals surface area contributed by atoms with E-state index in [1.54, 1.807) is 4.31 Å². The van der Waals surface area contributed by atoms with Gasteiger partial charge < -0.3 is 5.32 Å². The molecule has 0 amide bonds. The summed E-state index contributed by atoms with van der Waals surface area (Å²) in [4.78, 5) is 0. The summed E-state index contributed by atoms with van der Waals surface area (Å²) in [6, 6.07) is 0.536. The number of hydrogen-bond donors (Lipinski definition) is 1. The van der Waals surface area contributed by atoms with Crippen LogP contribution in [0.4, 0.5) is 0 Å². The van der Waals surface area contributed by atoms with Crippen LogP contribution in [0.1, 0.15) is 51.4 Å². The van der Waals surface area contributed by atoms with Crippen molar-refractivity contribution in [2.45, 2.75) is 57.4 Å². The number of piperidine rings is 1. The first-order valence-corrected chi connectivity index (χ1v) is 9.95. The van der Waals surface area contributed by atoms with Crippen LogP contribution in [-0.2, 0) is 10.0 Å². The maximum absolute atomic E-state index is 12.4. The van der Waals surface area contributed by atoms with Gasteiger partial charge in [0.2, 0.25) is 10.0 Å². The monoisotopic (exact) mass is 300 g/mol. The molecule has 2 saturated carbocycles. The Bertz CT molecular complexity index is 406. The number of nitrogens with one attached hydrogen (secondary N) is 1. The number of hydrogen-bond acceptors (Lipinski definition) is 3. The van der Waals surface area contributed by atoms with Crippen LogP contribution in [0.25, 0.3) is 0 Å². The molecule has 0 aromatic heterocycles. The molecule has 3 rings (SSSR count). The lowest BCUT2D eigenvalue weighted by molar-refractivity contribution is 0.286. The van der Waals surface area contributed by atoms with Gasteiger partial charge in [0.25, 0.3) is 0 Å². The van der Waals surface area contributed by atoms with Gasteiger partial charge in [0.05, 0.1) is 5.75 Å². The third-order valence-electron chi connectivity index (χ3n) is 5.16. The van der Waals surface area contributed by atoms with Crippen LogP contribution in [0, 0.1) is 11.8 Å². The molecule has 0 unspecified atom stereocenters. The SMILES string of the molecule is O=S(=O)(CC1CCCC1)N1CCC(NCC2CC2)CC1. The predicted molar refractivity (Wildman–Crippen MR) is 81.1 cm³/mol. The summed E-state index contributed by atoms with van der Waals surface area (Å²) < 4.78 is 26.6. The average Bonchev–Trinajstić information content (AvgIpc) is 3.14. The molecule has 3 fully saturated rings. The van der Waals surface area contributed by atoms with Gasteiger partial charge in [-0.1, -0.05) is 12.8 Å². The Balaban J connectivity index is 1.43. The van der Waals surface area contributed by atoms with Crippen LogP contribution in [0.2, 0.25) is 0 Å². The first-order chi connectivity index (χ1) is 9.63. The van der Waals surface area contributed by atoms with E-state index in [-0.39, 0.29) is 0 Å². The smallest absolute Gasteiger partial charge is 0.214 e.